The smallest absolute Gasteiger partial charge is 0.490 e. The van der Waals surface area contributed by atoms with Crippen molar-refractivity contribution in [2.45, 2.75) is 6.36 Å². The first-order valence-electron chi connectivity index (χ1n) is 4.50. The normalized spacial score (nSPS) is 11.3. The second-order valence-corrected chi connectivity index (χ2v) is 3.80. The summed E-state index contributed by atoms with van der Waals surface area (Å²) in [7, 11) is 0. The van der Waals surface area contributed by atoms with Crippen LogP contribution in [0.25, 0.3) is 0 Å². The highest BCUT2D eigenvalue weighted by molar-refractivity contribution is 9.10. The number of halogens is 4. The van der Waals surface area contributed by atoms with Crippen LogP contribution in [0.15, 0.2) is 22.7 Å². The van der Waals surface area contributed by atoms with E-state index in [0.717, 1.165) is 0 Å². The predicted molar refractivity (Wildman–Crippen MR) is 57.0 cm³/mol. The van der Waals surface area contributed by atoms with Crippen LogP contribution in [0.1, 0.15) is 10.4 Å². The molecule has 0 aliphatic carbocycles. The fourth-order valence-corrected chi connectivity index (χ4v) is 1.53. The van der Waals surface area contributed by atoms with E-state index >= 15 is 0 Å². The maximum atomic E-state index is 11.6. The SMILES string of the molecule is O=Cc1ccc(OCCOC(F)(F)F)c(Br)c1. The number of carbonyl (C=O) groups is 1. The van der Waals surface area contributed by atoms with E-state index < -0.39 is 13.0 Å². The van der Waals surface area contributed by atoms with Crippen LogP contribution in [0.4, 0.5) is 13.2 Å². The van der Waals surface area contributed by atoms with Crippen molar-refractivity contribution in [2.75, 3.05) is 13.2 Å². The van der Waals surface area contributed by atoms with Gasteiger partial charge in [0.1, 0.15) is 18.6 Å². The molecular formula is C10H8BrF3O3. The Balaban J connectivity index is 2.44. The van der Waals surface area contributed by atoms with E-state index in [2.05, 4.69) is 20.7 Å². The Labute approximate surface area is 104 Å². The quantitative estimate of drug-likeness (QED) is 0.619. The third-order valence-electron chi connectivity index (χ3n) is 1.70. The van der Waals surface area contributed by atoms with Crippen LogP contribution < -0.4 is 4.74 Å². The summed E-state index contributed by atoms with van der Waals surface area (Å²) in [5.74, 6) is 0.348. The van der Waals surface area contributed by atoms with Crippen molar-refractivity contribution in [2.24, 2.45) is 0 Å². The molecule has 94 valence electrons. The molecule has 0 aromatic heterocycles. The number of alkyl halides is 3. The summed E-state index contributed by atoms with van der Waals surface area (Å²) >= 11 is 3.13. The highest BCUT2D eigenvalue weighted by Crippen LogP contribution is 2.25. The number of benzene rings is 1. The summed E-state index contributed by atoms with van der Waals surface area (Å²) in [5.41, 5.74) is 0.441. The highest BCUT2D eigenvalue weighted by atomic mass is 79.9. The summed E-state index contributed by atoms with van der Waals surface area (Å²) in [6.45, 7) is -0.829. The molecule has 0 fully saturated rings. The molecule has 0 radical (unpaired) electrons. The van der Waals surface area contributed by atoms with E-state index in [1.165, 1.54) is 18.2 Å². The van der Waals surface area contributed by atoms with E-state index in [1.54, 1.807) is 0 Å². The Hall–Kier alpha value is -1.08. The zero-order chi connectivity index (χ0) is 12.9. The number of carbonyl (C=O) groups excluding carboxylic acids is 1. The number of hydrogen-bond donors (Lipinski definition) is 0. The van der Waals surface area contributed by atoms with Gasteiger partial charge in [0.15, 0.2) is 0 Å². The molecule has 1 aromatic carbocycles. The van der Waals surface area contributed by atoms with Gasteiger partial charge >= 0.3 is 6.36 Å². The molecular weight excluding hydrogens is 305 g/mol. The summed E-state index contributed by atoms with van der Waals surface area (Å²) in [4.78, 5) is 10.4. The van der Waals surface area contributed by atoms with Gasteiger partial charge in [-0.3, -0.25) is 9.53 Å². The largest absolute Gasteiger partial charge is 0.522 e. The Morgan fingerprint density at radius 2 is 2.00 bits per heavy atom. The van der Waals surface area contributed by atoms with Gasteiger partial charge < -0.3 is 4.74 Å². The lowest BCUT2D eigenvalue weighted by molar-refractivity contribution is -0.325. The van der Waals surface area contributed by atoms with Gasteiger partial charge in [-0.1, -0.05) is 0 Å². The number of hydrogen-bond acceptors (Lipinski definition) is 3. The molecule has 0 bridgehead atoms. The average Bonchev–Trinajstić information content (AvgIpc) is 2.24. The van der Waals surface area contributed by atoms with Crippen molar-refractivity contribution < 1.29 is 27.4 Å². The second kappa shape index (κ2) is 6.02. The van der Waals surface area contributed by atoms with Crippen LogP contribution in [-0.2, 0) is 4.74 Å². The van der Waals surface area contributed by atoms with Crippen LogP contribution in [0.2, 0.25) is 0 Å². The highest BCUT2D eigenvalue weighted by Gasteiger charge is 2.28. The molecule has 3 nitrogen and oxygen atoms in total. The van der Waals surface area contributed by atoms with Gasteiger partial charge in [-0.05, 0) is 34.1 Å². The van der Waals surface area contributed by atoms with Crippen LogP contribution in [0.5, 0.6) is 5.75 Å². The molecule has 1 aromatic rings. The zero-order valence-corrected chi connectivity index (χ0v) is 10.0. The first-order valence-corrected chi connectivity index (χ1v) is 5.30. The number of aldehydes is 1. The fraction of sp³-hybridized carbons (Fsp3) is 0.300. The molecule has 0 unspecified atom stereocenters. The van der Waals surface area contributed by atoms with Gasteiger partial charge in [-0.2, -0.15) is 0 Å². The van der Waals surface area contributed by atoms with Crippen LogP contribution in [0.3, 0.4) is 0 Å². The van der Waals surface area contributed by atoms with Crippen molar-refractivity contribution in [3.8, 4) is 5.75 Å². The lowest BCUT2D eigenvalue weighted by atomic mass is 10.2. The predicted octanol–water partition coefficient (Wildman–Crippen LogP) is 3.18. The molecule has 7 heteroatoms. The van der Waals surface area contributed by atoms with Gasteiger partial charge in [-0.25, -0.2) is 0 Å². The van der Waals surface area contributed by atoms with Crippen molar-refractivity contribution in [3.05, 3.63) is 28.2 Å². The van der Waals surface area contributed by atoms with Gasteiger partial charge in [0.05, 0.1) is 11.1 Å². The topological polar surface area (TPSA) is 35.5 Å². The van der Waals surface area contributed by atoms with E-state index in [0.29, 0.717) is 22.1 Å². The molecule has 17 heavy (non-hydrogen) atoms. The fourth-order valence-electron chi connectivity index (χ4n) is 1.02. The van der Waals surface area contributed by atoms with Crippen LogP contribution >= 0.6 is 15.9 Å². The molecule has 0 saturated carbocycles. The maximum Gasteiger partial charge on any atom is 0.522 e. The molecule has 1 rings (SSSR count). The molecule has 0 saturated heterocycles. The summed E-state index contributed by atoms with van der Waals surface area (Å²) in [6, 6.07) is 4.49. The molecule has 0 aliphatic heterocycles. The lowest BCUT2D eigenvalue weighted by Crippen LogP contribution is -2.18. The molecule has 0 spiro atoms. The second-order valence-electron chi connectivity index (χ2n) is 2.95. The van der Waals surface area contributed by atoms with Crippen LogP contribution in [0, 0.1) is 0 Å². The van der Waals surface area contributed by atoms with Gasteiger partial charge in [0.2, 0.25) is 0 Å². The lowest BCUT2D eigenvalue weighted by Gasteiger charge is -2.10. The van der Waals surface area contributed by atoms with Crippen molar-refractivity contribution in [1.82, 2.24) is 0 Å². The minimum absolute atomic E-state index is 0.238. The van der Waals surface area contributed by atoms with Crippen molar-refractivity contribution in [3.63, 3.8) is 0 Å². The van der Waals surface area contributed by atoms with Gasteiger partial charge in [0, 0.05) is 5.56 Å². The molecule has 0 heterocycles. The zero-order valence-electron chi connectivity index (χ0n) is 8.46. The van der Waals surface area contributed by atoms with Crippen LogP contribution in [-0.4, -0.2) is 25.9 Å². The summed E-state index contributed by atoms with van der Waals surface area (Å²) in [5, 5.41) is 0. The first kappa shape index (κ1) is 14.0. The number of ether oxygens (including phenoxy) is 2. The van der Waals surface area contributed by atoms with Gasteiger partial charge in [-0.15, -0.1) is 13.2 Å². The minimum atomic E-state index is -4.65. The molecule has 0 atom stereocenters. The molecule has 0 N–H and O–H groups in total. The van der Waals surface area contributed by atoms with Crippen molar-refractivity contribution in [1.29, 1.82) is 0 Å². The first-order chi connectivity index (χ1) is 7.92. The van der Waals surface area contributed by atoms with E-state index in [4.69, 9.17) is 4.74 Å². The Morgan fingerprint density at radius 3 is 2.53 bits per heavy atom. The van der Waals surface area contributed by atoms with Gasteiger partial charge in [0.25, 0.3) is 0 Å². The average molecular weight is 313 g/mol. The Morgan fingerprint density at radius 1 is 1.29 bits per heavy atom. The Bertz CT molecular complexity index is 393. The van der Waals surface area contributed by atoms with Crippen molar-refractivity contribution >= 4 is 22.2 Å². The van der Waals surface area contributed by atoms with E-state index in [1.807, 2.05) is 0 Å². The molecule has 0 amide bonds. The van der Waals surface area contributed by atoms with E-state index in [9.17, 15) is 18.0 Å². The van der Waals surface area contributed by atoms with E-state index in [-0.39, 0.29) is 6.61 Å². The number of rotatable bonds is 5. The third kappa shape index (κ3) is 5.18. The maximum absolute atomic E-state index is 11.6. The summed E-state index contributed by atoms with van der Waals surface area (Å²) in [6.07, 6.45) is -4.00. The Kier molecular flexibility index (Phi) is 4.95. The monoisotopic (exact) mass is 312 g/mol. The standard InChI is InChI=1S/C10H8BrF3O3/c11-8-5-7(6-15)1-2-9(8)16-3-4-17-10(12,13)14/h1-2,5-6H,3-4H2. The summed E-state index contributed by atoms with van der Waals surface area (Å²) < 4.78 is 44.0. The minimum Gasteiger partial charge on any atom is -0.490 e. The molecule has 0 aliphatic rings. The third-order valence-corrected chi connectivity index (χ3v) is 2.32.